The van der Waals surface area contributed by atoms with E-state index in [1.54, 1.807) is 7.05 Å². The van der Waals surface area contributed by atoms with Gasteiger partial charge >= 0.3 is 12.3 Å². The third-order valence-electron chi connectivity index (χ3n) is 3.83. The maximum Gasteiger partial charge on any atom is 0.330 e. The van der Waals surface area contributed by atoms with Crippen molar-refractivity contribution in [3.8, 4) is 0 Å². The van der Waals surface area contributed by atoms with Gasteiger partial charge in [0.2, 0.25) is 0 Å². The fourth-order valence-electron chi connectivity index (χ4n) is 2.69. The van der Waals surface area contributed by atoms with Gasteiger partial charge in [0.05, 0.1) is 6.61 Å². The van der Waals surface area contributed by atoms with Crippen LogP contribution in [0.4, 0.5) is 17.6 Å². The molecule has 0 radical (unpaired) electrons. The fraction of sp³-hybridized carbons (Fsp3) is 1.00. The van der Waals surface area contributed by atoms with E-state index < -0.39 is 19.0 Å². The predicted octanol–water partition coefficient (Wildman–Crippen LogP) is 3.32. The lowest BCUT2D eigenvalue weighted by molar-refractivity contribution is -0.167. The van der Waals surface area contributed by atoms with E-state index in [1.807, 2.05) is 0 Å². The molecule has 1 fully saturated rings. The molecule has 0 saturated heterocycles. The van der Waals surface area contributed by atoms with Crippen molar-refractivity contribution in [1.29, 1.82) is 0 Å². The van der Waals surface area contributed by atoms with E-state index in [9.17, 15) is 17.6 Å². The zero-order chi connectivity index (χ0) is 14.5. The van der Waals surface area contributed by atoms with E-state index in [1.165, 1.54) is 6.42 Å². The summed E-state index contributed by atoms with van der Waals surface area (Å²) in [4.78, 5) is 0. The average molecular weight is 285 g/mol. The van der Waals surface area contributed by atoms with E-state index >= 15 is 0 Å². The van der Waals surface area contributed by atoms with Crippen molar-refractivity contribution in [2.45, 2.75) is 51.0 Å². The Bertz CT molecular complexity index is 263. The van der Waals surface area contributed by atoms with Gasteiger partial charge < -0.3 is 10.1 Å². The second kappa shape index (κ2) is 7.43. The molecular weight excluding hydrogens is 262 g/mol. The summed E-state index contributed by atoms with van der Waals surface area (Å²) >= 11 is 0. The molecule has 3 unspecified atom stereocenters. The molecule has 0 heterocycles. The van der Waals surface area contributed by atoms with Gasteiger partial charge in [0.1, 0.15) is 6.61 Å². The Labute approximate surface area is 111 Å². The average Bonchev–Trinajstić information content (AvgIpc) is 2.34. The molecule has 114 valence electrons. The number of hydrogen-bond donors (Lipinski definition) is 1. The Balaban J connectivity index is 2.36. The zero-order valence-corrected chi connectivity index (χ0v) is 11.5. The van der Waals surface area contributed by atoms with Crippen LogP contribution >= 0.6 is 0 Å². The lowest BCUT2D eigenvalue weighted by atomic mass is 9.79. The zero-order valence-electron chi connectivity index (χ0n) is 11.5. The Morgan fingerprint density at radius 1 is 1.32 bits per heavy atom. The fourth-order valence-corrected chi connectivity index (χ4v) is 2.69. The van der Waals surface area contributed by atoms with Crippen LogP contribution in [0, 0.1) is 11.8 Å². The van der Waals surface area contributed by atoms with Crippen LogP contribution in [0.2, 0.25) is 0 Å². The van der Waals surface area contributed by atoms with Crippen LogP contribution < -0.4 is 5.32 Å². The molecule has 1 rings (SSSR count). The van der Waals surface area contributed by atoms with Crippen LogP contribution in [0.5, 0.6) is 0 Å². The van der Waals surface area contributed by atoms with E-state index in [4.69, 9.17) is 4.74 Å². The van der Waals surface area contributed by atoms with Crippen LogP contribution in [0.1, 0.15) is 32.6 Å². The highest BCUT2D eigenvalue weighted by Gasteiger charge is 2.41. The summed E-state index contributed by atoms with van der Waals surface area (Å²) in [6.45, 7) is 1.01. The van der Waals surface area contributed by atoms with Crippen molar-refractivity contribution in [3.05, 3.63) is 0 Å². The van der Waals surface area contributed by atoms with Crippen LogP contribution in [-0.2, 0) is 4.74 Å². The van der Waals surface area contributed by atoms with E-state index in [0.29, 0.717) is 11.8 Å². The number of hydrogen-bond acceptors (Lipinski definition) is 2. The van der Waals surface area contributed by atoms with Gasteiger partial charge in [0, 0.05) is 6.04 Å². The minimum absolute atomic E-state index is 0.0452. The number of likely N-dealkylation sites (N-methyl/N-ethyl adjacent to an activating group) is 1. The third-order valence-corrected chi connectivity index (χ3v) is 3.83. The van der Waals surface area contributed by atoms with E-state index in [0.717, 1.165) is 19.3 Å². The van der Waals surface area contributed by atoms with Crippen molar-refractivity contribution in [2.75, 3.05) is 20.3 Å². The molecule has 0 aromatic rings. The molecule has 1 aliphatic rings. The Morgan fingerprint density at radius 2 is 2.00 bits per heavy atom. The summed E-state index contributed by atoms with van der Waals surface area (Å²) in [7, 11) is 1.75. The second-order valence-corrected chi connectivity index (χ2v) is 5.50. The van der Waals surface area contributed by atoms with E-state index in [-0.39, 0.29) is 12.6 Å². The van der Waals surface area contributed by atoms with Gasteiger partial charge in [-0.25, -0.2) is 8.78 Å². The van der Waals surface area contributed by atoms with Crippen molar-refractivity contribution < 1.29 is 22.3 Å². The number of nitrogens with one attached hydrogen (secondary N) is 1. The summed E-state index contributed by atoms with van der Waals surface area (Å²) in [5.41, 5.74) is 0. The van der Waals surface area contributed by atoms with Gasteiger partial charge in [-0.1, -0.05) is 19.8 Å². The Hall–Kier alpha value is -0.360. The number of ether oxygens (including phenoxy) is 1. The molecule has 0 aromatic heterocycles. The van der Waals surface area contributed by atoms with Crippen LogP contribution in [0.25, 0.3) is 0 Å². The molecule has 6 heteroatoms. The molecule has 2 nitrogen and oxygen atoms in total. The first kappa shape index (κ1) is 16.7. The Kier molecular flexibility index (Phi) is 6.53. The minimum Gasteiger partial charge on any atom is -0.373 e. The lowest BCUT2D eigenvalue weighted by Gasteiger charge is -2.33. The summed E-state index contributed by atoms with van der Waals surface area (Å²) < 4.78 is 54.2. The Morgan fingerprint density at radius 3 is 2.53 bits per heavy atom. The highest BCUT2D eigenvalue weighted by Crippen LogP contribution is 2.31. The molecule has 1 aliphatic carbocycles. The van der Waals surface area contributed by atoms with Gasteiger partial charge in [0.25, 0.3) is 0 Å². The highest BCUT2D eigenvalue weighted by atomic mass is 19.3. The van der Waals surface area contributed by atoms with Crippen LogP contribution in [0.15, 0.2) is 0 Å². The summed E-state index contributed by atoms with van der Waals surface area (Å²) in [5, 5.41) is 3.05. The number of halogens is 4. The predicted molar refractivity (Wildman–Crippen MR) is 65.7 cm³/mol. The maximum atomic E-state index is 12.7. The number of rotatable bonds is 7. The molecular formula is C13H23F4NO. The summed E-state index contributed by atoms with van der Waals surface area (Å²) in [5.74, 6) is -3.07. The lowest BCUT2D eigenvalue weighted by Crippen LogP contribution is -2.41. The van der Waals surface area contributed by atoms with E-state index in [2.05, 4.69) is 12.2 Å². The first-order chi connectivity index (χ1) is 8.86. The van der Waals surface area contributed by atoms with Gasteiger partial charge in [-0.3, -0.25) is 0 Å². The van der Waals surface area contributed by atoms with Gasteiger partial charge in [0.15, 0.2) is 0 Å². The summed E-state index contributed by atoms with van der Waals surface area (Å²) in [6.07, 6.45) is 0.703. The van der Waals surface area contributed by atoms with Crippen molar-refractivity contribution in [3.63, 3.8) is 0 Å². The number of alkyl halides is 4. The first-order valence-corrected chi connectivity index (χ1v) is 6.77. The SMILES string of the molecule is CNC(COCC(F)(F)C(F)F)C1CCCC(C)C1. The summed E-state index contributed by atoms with van der Waals surface area (Å²) in [6, 6.07) is -0.0452. The molecule has 0 aromatic carbocycles. The standard InChI is InChI=1S/C13H23F4NO/c1-9-4-3-5-10(6-9)11(18-2)7-19-8-13(16,17)12(14)15/h9-12,18H,3-8H2,1-2H3. The smallest absolute Gasteiger partial charge is 0.330 e. The normalized spacial score (nSPS) is 26.7. The van der Waals surface area contributed by atoms with Crippen molar-refractivity contribution >= 4 is 0 Å². The molecule has 0 aliphatic heterocycles. The first-order valence-electron chi connectivity index (χ1n) is 6.77. The molecule has 0 spiro atoms. The van der Waals surface area contributed by atoms with Gasteiger partial charge in [-0.15, -0.1) is 0 Å². The molecule has 1 N–H and O–H groups in total. The monoisotopic (exact) mass is 285 g/mol. The third kappa shape index (κ3) is 5.26. The van der Waals surface area contributed by atoms with Crippen molar-refractivity contribution in [2.24, 2.45) is 11.8 Å². The van der Waals surface area contributed by atoms with Gasteiger partial charge in [-0.05, 0) is 31.7 Å². The van der Waals surface area contributed by atoms with Crippen molar-refractivity contribution in [1.82, 2.24) is 5.32 Å². The van der Waals surface area contributed by atoms with Crippen LogP contribution in [0.3, 0.4) is 0 Å². The van der Waals surface area contributed by atoms with Gasteiger partial charge in [-0.2, -0.15) is 8.78 Å². The molecule has 0 bridgehead atoms. The quantitative estimate of drug-likeness (QED) is 0.725. The topological polar surface area (TPSA) is 21.3 Å². The highest BCUT2D eigenvalue weighted by molar-refractivity contribution is 4.81. The maximum absolute atomic E-state index is 12.7. The minimum atomic E-state index is -4.06. The second-order valence-electron chi connectivity index (χ2n) is 5.50. The largest absolute Gasteiger partial charge is 0.373 e. The molecule has 3 atom stereocenters. The van der Waals surface area contributed by atoms with Crippen LogP contribution in [-0.4, -0.2) is 38.7 Å². The molecule has 1 saturated carbocycles. The molecule has 0 amide bonds. The molecule has 19 heavy (non-hydrogen) atoms.